The Kier molecular flexibility index (Phi) is 1.38. The van der Waals surface area contributed by atoms with Gasteiger partial charge in [-0.3, -0.25) is 0 Å². The van der Waals surface area contributed by atoms with Gasteiger partial charge in [0.05, 0.1) is 12.6 Å². The smallest absolute Gasteiger partial charge is 0.407 e. The lowest BCUT2D eigenvalue weighted by atomic mass is 9.84. The summed E-state index contributed by atoms with van der Waals surface area (Å²) >= 11 is 0. The highest BCUT2D eigenvalue weighted by Crippen LogP contribution is 2.66. The van der Waals surface area contributed by atoms with Gasteiger partial charge in [0.25, 0.3) is 0 Å². The Balaban J connectivity index is 1.83. The van der Waals surface area contributed by atoms with Crippen LogP contribution in [0.25, 0.3) is 0 Å². The highest BCUT2D eigenvalue weighted by molar-refractivity contribution is 5.69. The maximum Gasteiger partial charge on any atom is 0.407 e. The SMILES string of the molecule is COC(=O)NC1(C)C2C=CC1C1CC12. The Bertz CT molecular complexity index is 305. The highest BCUT2D eigenvalue weighted by Gasteiger charge is 2.66. The molecule has 3 rings (SSSR count). The Morgan fingerprint density at radius 1 is 1.43 bits per heavy atom. The first-order chi connectivity index (χ1) is 6.66. The molecule has 2 bridgehead atoms. The summed E-state index contributed by atoms with van der Waals surface area (Å²) in [6, 6.07) is 0. The van der Waals surface area contributed by atoms with Gasteiger partial charge in [-0.25, -0.2) is 4.79 Å². The van der Waals surface area contributed by atoms with Gasteiger partial charge in [0.2, 0.25) is 0 Å². The zero-order valence-electron chi connectivity index (χ0n) is 8.49. The number of alkyl carbamates (subject to hydrolysis) is 1. The van der Waals surface area contributed by atoms with Crippen molar-refractivity contribution >= 4 is 6.09 Å². The van der Waals surface area contributed by atoms with Gasteiger partial charge in [-0.15, -0.1) is 0 Å². The number of hydrogen-bond acceptors (Lipinski definition) is 2. The van der Waals surface area contributed by atoms with Crippen LogP contribution in [-0.2, 0) is 4.74 Å². The number of hydrogen-bond donors (Lipinski definition) is 1. The number of fused-ring (bicyclic) bond motifs is 5. The Hall–Kier alpha value is -0.990. The second kappa shape index (κ2) is 2.33. The van der Waals surface area contributed by atoms with Crippen molar-refractivity contribution in [1.29, 1.82) is 0 Å². The van der Waals surface area contributed by atoms with Gasteiger partial charge >= 0.3 is 6.09 Å². The van der Waals surface area contributed by atoms with Crippen molar-refractivity contribution < 1.29 is 9.53 Å². The normalized spacial score (nSPS) is 51.6. The lowest BCUT2D eigenvalue weighted by Crippen LogP contribution is -2.51. The number of nitrogens with one attached hydrogen (secondary N) is 1. The number of carbonyl (C=O) groups excluding carboxylic acids is 1. The van der Waals surface area contributed by atoms with E-state index in [0.29, 0.717) is 11.8 Å². The molecule has 2 saturated carbocycles. The van der Waals surface area contributed by atoms with E-state index < -0.39 is 0 Å². The molecule has 0 aromatic heterocycles. The molecular formula is C11H15NO2. The molecular weight excluding hydrogens is 178 g/mol. The van der Waals surface area contributed by atoms with Crippen molar-refractivity contribution in [3.8, 4) is 0 Å². The van der Waals surface area contributed by atoms with Crippen molar-refractivity contribution in [2.24, 2.45) is 23.7 Å². The molecule has 1 amide bonds. The van der Waals surface area contributed by atoms with Crippen molar-refractivity contribution in [3.63, 3.8) is 0 Å². The summed E-state index contributed by atoms with van der Waals surface area (Å²) in [4.78, 5) is 11.3. The van der Waals surface area contributed by atoms with E-state index in [1.54, 1.807) is 0 Å². The van der Waals surface area contributed by atoms with E-state index in [4.69, 9.17) is 0 Å². The predicted octanol–water partition coefficient (Wildman–Crippen LogP) is 1.55. The molecule has 4 unspecified atom stereocenters. The van der Waals surface area contributed by atoms with E-state index in [9.17, 15) is 4.79 Å². The van der Waals surface area contributed by atoms with Gasteiger partial charge < -0.3 is 10.1 Å². The zero-order valence-corrected chi connectivity index (χ0v) is 8.49. The lowest BCUT2D eigenvalue weighted by molar-refractivity contribution is 0.145. The quantitative estimate of drug-likeness (QED) is 0.642. The Morgan fingerprint density at radius 3 is 2.50 bits per heavy atom. The maximum atomic E-state index is 11.3. The van der Waals surface area contributed by atoms with Crippen molar-refractivity contribution in [1.82, 2.24) is 5.32 Å². The Morgan fingerprint density at radius 2 is 2.00 bits per heavy atom. The lowest BCUT2D eigenvalue weighted by Gasteiger charge is -2.33. The first kappa shape index (κ1) is 8.33. The predicted molar refractivity (Wildman–Crippen MR) is 51.7 cm³/mol. The maximum absolute atomic E-state index is 11.3. The van der Waals surface area contributed by atoms with E-state index in [1.807, 2.05) is 0 Å². The third-order valence-electron chi connectivity index (χ3n) is 4.28. The second-order valence-electron chi connectivity index (χ2n) is 4.90. The average Bonchev–Trinajstić information content (AvgIpc) is 2.85. The Labute approximate surface area is 83.5 Å². The van der Waals surface area contributed by atoms with Crippen molar-refractivity contribution in [3.05, 3.63) is 12.2 Å². The summed E-state index contributed by atoms with van der Waals surface area (Å²) in [5.74, 6) is 2.73. The molecule has 3 aliphatic carbocycles. The third kappa shape index (κ3) is 0.805. The molecule has 4 atom stereocenters. The molecule has 3 heteroatoms. The van der Waals surface area contributed by atoms with Gasteiger partial charge in [-0.1, -0.05) is 12.2 Å². The summed E-state index contributed by atoms with van der Waals surface area (Å²) in [5, 5.41) is 3.00. The molecule has 1 N–H and O–H groups in total. The highest BCUT2D eigenvalue weighted by atomic mass is 16.5. The molecule has 0 aromatic carbocycles. The van der Waals surface area contributed by atoms with E-state index >= 15 is 0 Å². The summed E-state index contributed by atoms with van der Waals surface area (Å²) in [6.45, 7) is 2.14. The van der Waals surface area contributed by atoms with Crippen LogP contribution < -0.4 is 5.32 Å². The molecule has 14 heavy (non-hydrogen) atoms. The van der Waals surface area contributed by atoms with Crippen LogP contribution in [0.1, 0.15) is 13.3 Å². The largest absolute Gasteiger partial charge is 0.453 e. The molecule has 0 spiro atoms. The van der Waals surface area contributed by atoms with E-state index in [2.05, 4.69) is 29.1 Å². The first-order valence-corrected chi connectivity index (χ1v) is 5.21. The molecule has 0 aliphatic heterocycles. The van der Waals surface area contributed by atoms with Gasteiger partial charge in [0.15, 0.2) is 0 Å². The molecule has 3 aliphatic rings. The summed E-state index contributed by atoms with van der Waals surface area (Å²) in [6.07, 6.45) is 5.59. The van der Waals surface area contributed by atoms with Crippen LogP contribution >= 0.6 is 0 Å². The van der Waals surface area contributed by atoms with Crippen LogP contribution in [0.3, 0.4) is 0 Å². The van der Waals surface area contributed by atoms with Crippen LogP contribution in [0.4, 0.5) is 4.79 Å². The van der Waals surface area contributed by atoms with Crippen LogP contribution in [0.2, 0.25) is 0 Å². The number of ether oxygens (including phenoxy) is 1. The minimum atomic E-state index is -0.299. The third-order valence-corrected chi connectivity index (χ3v) is 4.28. The minimum Gasteiger partial charge on any atom is -0.453 e. The van der Waals surface area contributed by atoms with Gasteiger partial charge in [-0.2, -0.15) is 0 Å². The minimum absolute atomic E-state index is 0.0688. The molecule has 0 saturated heterocycles. The molecule has 0 aromatic rings. The second-order valence-corrected chi connectivity index (χ2v) is 4.90. The van der Waals surface area contributed by atoms with Crippen LogP contribution in [0.15, 0.2) is 12.2 Å². The van der Waals surface area contributed by atoms with Crippen molar-refractivity contribution in [2.75, 3.05) is 7.11 Å². The van der Waals surface area contributed by atoms with Crippen LogP contribution in [-0.4, -0.2) is 18.7 Å². The molecule has 0 heterocycles. The fraction of sp³-hybridized carbons (Fsp3) is 0.727. The first-order valence-electron chi connectivity index (χ1n) is 5.21. The molecule has 3 nitrogen and oxygen atoms in total. The summed E-state index contributed by atoms with van der Waals surface area (Å²) in [7, 11) is 1.42. The van der Waals surface area contributed by atoms with Gasteiger partial charge in [0.1, 0.15) is 0 Å². The topological polar surface area (TPSA) is 38.3 Å². The van der Waals surface area contributed by atoms with Crippen LogP contribution in [0, 0.1) is 23.7 Å². The average molecular weight is 193 g/mol. The fourth-order valence-electron chi connectivity index (χ4n) is 3.54. The fourth-order valence-corrected chi connectivity index (χ4v) is 3.54. The van der Waals surface area contributed by atoms with Crippen molar-refractivity contribution in [2.45, 2.75) is 18.9 Å². The number of rotatable bonds is 1. The standard InChI is InChI=1S/C11H15NO2/c1-11(12-10(13)14-2)8-3-4-9(11)7-5-6(7)8/h3-4,6-9H,5H2,1-2H3,(H,12,13). The number of carbonyl (C=O) groups is 1. The van der Waals surface area contributed by atoms with Gasteiger partial charge in [-0.05, 0) is 25.2 Å². The summed E-state index contributed by atoms with van der Waals surface area (Å²) < 4.78 is 4.67. The molecule has 2 fully saturated rings. The van der Waals surface area contributed by atoms with Gasteiger partial charge in [0, 0.05) is 11.8 Å². The van der Waals surface area contributed by atoms with E-state index in [-0.39, 0.29) is 11.6 Å². The van der Waals surface area contributed by atoms with Crippen LogP contribution in [0.5, 0.6) is 0 Å². The number of amides is 1. The number of methoxy groups -OCH3 is 1. The monoisotopic (exact) mass is 193 g/mol. The molecule has 0 radical (unpaired) electrons. The zero-order chi connectivity index (χ0) is 9.92. The van der Waals surface area contributed by atoms with E-state index in [0.717, 1.165) is 11.8 Å². The molecule has 76 valence electrons. The van der Waals surface area contributed by atoms with E-state index in [1.165, 1.54) is 13.5 Å². The summed E-state index contributed by atoms with van der Waals surface area (Å²) in [5.41, 5.74) is -0.0688.